The Morgan fingerprint density at radius 3 is 2.12 bits per heavy atom. The number of methoxy groups -OCH3 is 2. The third-order valence-corrected chi connectivity index (χ3v) is 5.01. The van der Waals surface area contributed by atoms with E-state index in [9.17, 15) is 4.79 Å². The molecule has 1 atom stereocenters. The molecule has 1 unspecified atom stereocenters. The lowest BCUT2D eigenvalue weighted by Crippen LogP contribution is -2.38. The first-order chi connectivity index (χ1) is 15.0. The van der Waals surface area contributed by atoms with E-state index in [-0.39, 0.29) is 18.2 Å². The van der Waals surface area contributed by atoms with Crippen molar-refractivity contribution < 1.29 is 14.3 Å². The van der Waals surface area contributed by atoms with Crippen LogP contribution in [-0.2, 0) is 11.3 Å². The van der Waals surface area contributed by atoms with E-state index in [0.717, 1.165) is 11.3 Å². The number of hydrogen-bond donors (Lipinski definition) is 3. The quantitative estimate of drug-likeness (QED) is 0.337. The van der Waals surface area contributed by atoms with E-state index in [1.54, 1.807) is 37.4 Å². The first-order valence-corrected chi connectivity index (χ1v) is 9.71. The number of para-hydroxylation sites is 1. The Morgan fingerprint density at radius 1 is 0.938 bits per heavy atom. The molecule has 3 aromatic carbocycles. The van der Waals surface area contributed by atoms with Crippen molar-refractivity contribution in [3.8, 4) is 11.5 Å². The van der Waals surface area contributed by atoms with Gasteiger partial charge in [-0.15, -0.1) is 12.4 Å². The number of nitrogens with two attached hydrogens (primary N) is 2. The topological polar surface area (TPSA) is 115 Å². The lowest BCUT2D eigenvalue weighted by Gasteiger charge is -2.33. The Hall–Kier alpha value is -3.71. The van der Waals surface area contributed by atoms with Crippen LogP contribution in [0.3, 0.4) is 0 Å². The molecule has 3 aromatic rings. The summed E-state index contributed by atoms with van der Waals surface area (Å²) >= 11 is 0. The number of carbonyl (C=O) groups excluding carboxylic acids is 1. The smallest absolute Gasteiger partial charge is 0.244 e. The van der Waals surface area contributed by atoms with E-state index in [1.165, 1.54) is 7.11 Å². The number of benzene rings is 3. The number of primary amides is 1. The summed E-state index contributed by atoms with van der Waals surface area (Å²) < 4.78 is 11.0. The number of carbonyl (C=O) groups is 1. The molecule has 0 aliphatic heterocycles. The fourth-order valence-corrected chi connectivity index (χ4v) is 3.55. The van der Waals surface area contributed by atoms with Crippen molar-refractivity contribution in [1.82, 2.24) is 0 Å². The highest BCUT2D eigenvalue weighted by atomic mass is 35.5. The first-order valence-electron chi connectivity index (χ1n) is 9.71. The van der Waals surface area contributed by atoms with Crippen molar-refractivity contribution in [3.63, 3.8) is 0 Å². The van der Waals surface area contributed by atoms with Gasteiger partial charge in [0, 0.05) is 23.4 Å². The maximum Gasteiger partial charge on any atom is 0.244 e. The minimum Gasteiger partial charge on any atom is -0.493 e. The number of rotatable bonds is 9. The van der Waals surface area contributed by atoms with Crippen molar-refractivity contribution in [2.75, 3.05) is 19.1 Å². The van der Waals surface area contributed by atoms with Crippen LogP contribution in [0.4, 0.5) is 5.69 Å². The third-order valence-electron chi connectivity index (χ3n) is 5.01. The van der Waals surface area contributed by atoms with Crippen LogP contribution in [-0.4, -0.2) is 26.0 Å². The molecule has 5 N–H and O–H groups in total. The summed E-state index contributed by atoms with van der Waals surface area (Å²) in [5.41, 5.74) is 14.5. The van der Waals surface area contributed by atoms with Crippen molar-refractivity contribution in [2.24, 2.45) is 11.5 Å². The number of amidine groups is 1. The number of anilines is 1. The summed E-state index contributed by atoms with van der Waals surface area (Å²) in [6, 6.07) is 21.5. The Bertz CT molecular complexity index is 1060. The molecule has 0 heterocycles. The fraction of sp³-hybridized carbons (Fsp3) is 0.167. The highest BCUT2D eigenvalue weighted by Gasteiger charge is 2.30. The lowest BCUT2D eigenvalue weighted by atomic mass is 10.0. The minimum absolute atomic E-state index is 0. The van der Waals surface area contributed by atoms with Gasteiger partial charge in [0.25, 0.3) is 0 Å². The predicted molar refractivity (Wildman–Crippen MR) is 129 cm³/mol. The van der Waals surface area contributed by atoms with Crippen molar-refractivity contribution >= 4 is 29.8 Å². The van der Waals surface area contributed by atoms with Crippen LogP contribution < -0.4 is 25.8 Å². The summed E-state index contributed by atoms with van der Waals surface area (Å²) in [6.45, 7) is 0.425. The molecule has 1 amide bonds. The number of nitrogens with zero attached hydrogens (tertiary/aromatic N) is 1. The van der Waals surface area contributed by atoms with Gasteiger partial charge in [0.05, 0.1) is 14.2 Å². The van der Waals surface area contributed by atoms with Gasteiger partial charge in [-0.2, -0.15) is 0 Å². The maximum absolute atomic E-state index is 12.8. The molecular weight excluding hydrogens is 428 g/mol. The van der Waals surface area contributed by atoms with Gasteiger partial charge in [-0.25, -0.2) is 0 Å². The molecule has 0 aromatic heterocycles. The van der Waals surface area contributed by atoms with E-state index >= 15 is 0 Å². The maximum atomic E-state index is 12.8. The summed E-state index contributed by atoms with van der Waals surface area (Å²) in [4.78, 5) is 14.7. The van der Waals surface area contributed by atoms with Crippen molar-refractivity contribution in [2.45, 2.75) is 12.6 Å². The van der Waals surface area contributed by atoms with Gasteiger partial charge in [0.15, 0.2) is 11.5 Å². The number of hydrogen-bond acceptors (Lipinski definition) is 5. The van der Waals surface area contributed by atoms with E-state index in [2.05, 4.69) is 0 Å². The normalized spacial score (nSPS) is 11.1. The Morgan fingerprint density at radius 2 is 1.59 bits per heavy atom. The molecule has 0 saturated carbocycles. The van der Waals surface area contributed by atoms with Crippen molar-refractivity contribution in [3.05, 3.63) is 89.5 Å². The minimum atomic E-state index is -0.826. The molecule has 0 spiro atoms. The molecule has 32 heavy (non-hydrogen) atoms. The van der Waals surface area contributed by atoms with Crippen LogP contribution in [0.2, 0.25) is 0 Å². The van der Waals surface area contributed by atoms with Crippen LogP contribution >= 0.6 is 12.4 Å². The molecule has 7 nitrogen and oxygen atoms in total. The van der Waals surface area contributed by atoms with Gasteiger partial charge < -0.3 is 25.8 Å². The van der Waals surface area contributed by atoms with Crippen LogP contribution in [0.1, 0.15) is 22.7 Å². The number of halogens is 1. The summed E-state index contributed by atoms with van der Waals surface area (Å²) in [5, 5.41) is 7.64. The molecule has 3 rings (SSSR count). The van der Waals surface area contributed by atoms with Crippen LogP contribution in [0.5, 0.6) is 11.5 Å². The fourth-order valence-electron chi connectivity index (χ4n) is 3.55. The average molecular weight is 455 g/mol. The van der Waals surface area contributed by atoms with Crippen molar-refractivity contribution in [1.29, 1.82) is 5.41 Å². The SMILES string of the molecule is COc1cccc(C(C(N)=O)N(Cc2ccccc2)c2ccc(C(=N)N)cc2)c1OC.Cl. The zero-order valence-corrected chi connectivity index (χ0v) is 18.8. The van der Waals surface area contributed by atoms with Crippen LogP contribution in [0, 0.1) is 5.41 Å². The molecule has 0 radical (unpaired) electrons. The third kappa shape index (κ3) is 5.31. The Balaban J connectivity index is 0.00000363. The van der Waals surface area contributed by atoms with E-state index < -0.39 is 11.9 Å². The highest BCUT2D eigenvalue weighted by molar-refractivity contribution is 5.95. The van der Waals surface area contributed by atoms with E-state index in [0.29, 0.717) is 29.2 Å². The van der Waals surface area contributed by atoms with Gasteiger partial charge in [-0.3, -0.25) is 10.2 Å². The molecule has 0 aliphatic rings. The zero-order valence-electron chi connectivity index (χ0n) is 17.9. The van der Waals surface area contributed by atoms with E-state index in [4.69, 9.17) is 26.4 Å². The predicted octanol–water partition coefficient (Wildman–Crippen LogP) is 3.64. The summed E-state index contributed by atoms with van der Waals surface area (Å²) in [5.74, 6) is 0.408. The molecule has 0 fully saturated rings. The molecule has 0 saturated heterocycles. The second-order valence-corrected chi connectivity index (χ2v) is 6.96. The Kier molecular flexibility index (Phi) is 8.49. The van der Waals surface area contributed by atoms with E-state index in [1.807, 2.05) is 47.4 Å². The monoisotopic (exact) mass is 454 g/mol. The molecule has 0 bridgehead atoms. The standard InChI is InChI=1S/C24H26N4O3.ClH/c1-30-20-10-6-9-19(22(20)31-2)21(24(27)29)28(15-16-7-4-3-5-8-16)18-13-11-17(12-14-18)23(25)26;/h3-14,21H,15H2,1-2H3,(H3,25,26)(H2,27,29);1H. The molecule has 8 heteroatoms. The van der Waals surface area contributed by atoms with Gasteiger partial charge in [0.2, 0.25) is 5.91 Å². The molecule has 0 aliphatic carbocycles. The van der Waals surface area contributed by atoms with Crippen LogP contribution in [0.15, 0.2) is 72.8 Å². The summed E-state index contributed by atoms with van der Waals surface area (Å²) in [7, 11) is 3.08. The summed E-state index contributed by atoms with van der Waals surface area (Å²) in [6.07, 6.45) is 0. The number of amides is 1. The number of nitrogen functional groups attached to an aromatic ring is 1. The van der Waals surface area contributed by atoms with Gasteiger partial charge >= 0.3 is 0 Å². The molecular formula is C24H27ClN4O3. The zero-order chi connectivity index (χ0) is 22.4. The second-order valence-electron chi connectivity index (χ2n) is 6.96. The lowest BCUT2D eigenvalue weighted by molar-refractivity contribution is -0.119. The second kappa shape index (κ2) is 11.1. The van der Waals surface area contributed by atoms with Gasteiger partial charge in [-0.1, -0.05) is 42.5 Å². The first kappa shape index (κ1) is 24.6. The molecule has 168 valence electrons. The average Bonchev–Trinajstić information content (AvgIpc) is 2.79. The van der Waals surface area contributed by atoms with Gasteiger partial charge in [0.1, 0.15) is 11.9 Å². The number of nitrogens with one attached hydrogen (secondary N) is 1. The highest BCUT2D eigenvalue weighted by Crippen LogP contribution is 2.39. The van der Waals surface area contributed by atoms with Gasteiger partial charge in [-0.05, 0) is 35.9 Å². The Labute approximate surface area is 193 Å². The van der Waals surface area contributed by atoms with Crippen LogP contribution in [0.25, 0.3) is 0 Å². The number of ether oxygens (including phenoxy) is 2. The largest absolute Gasteiger partial charge is 0.493 e.